The van der Waals surface area contributed by atoms with Crippen molar-refractivity contribution in [3.8, 4) is 17.1 Å². The van der Waals surface area contributed by atoms with Crippen LogP contribution in [0.5, 0.6) is 5.75 Å². The Labute approximate surface area is 147 Å². The Balaban J connectivity index is 1.70. The minimum atomic E-state index is -3.22. The maximum Gasteiger partial charge on any atom is 0.215 e. The molecule has 0 radical (unpaired) electrons. The van der Waals surface area contributed by atoms with Crippen molar-refractivity contribution in [3.63, 3.8) is 0 Å². The van der Waals surface area contributed by atoms with Crippen LogP contribution in [0.3, 0.4) is 0 Å². The van der Waals surface area contributed by atoms with E-state index >= 15 is 0 Å². The van der Waals surface area contributed by atoms with Gasteiger partial charge in [0.05, 0.1) is 11.3 Å². The van der Waals surface area contributed by atoms with Gasteiger partial charge in [-0.3, -0.25) is 0 Å². The van der Waals surface area contributed by atoms with Crippen LogP contribution in [-0.2, 0) is 10.0 Å². The number of nitrogens with zero attached hydrogens (tertiary/aromatic N) is 3. The van der Waals surface area contributed by atoms with E-state index in [1.54, 1.807) is 34.6 Å². The second kappa shape index (κ2) is 7.37. The van der Waals surface area contributed by atoms with Crippen LogP contribution in [0.2, 0.25) is 0 Å². The summed E-state index contributed by atoms with van der Waals surface area (Å²) < 4.78 is 26.0. The summed E-state index contributed by atoms with van der Waals surface area (Å²) in [5.41, 5.74) is 1.28. The molecule has 2 heterocycles. The number of phenolic OH excluding ortho intramolecular Hbond substituents is 1. The maximum atomic E-state index is 12.2. The fourth-order valence-corrected chi connectivity index (χ4v) is 4.28. The molecular formula is C17H22N4O3S. The number of para-hydroxylation sites is 1. The van der Waals surface area contributed by atoms with Crippen molar-refractivity contribution in [1.29, 1.82) is 0 Å². The van der Waals surface area contributed by atoms with Crippen LogP contribution in [0.4, 0.5) is 5.82 Å². The van der Waals surface area contributed by atoms with Gasteiger partial charge in [0.2, 0.25) is 10.0 Å². The van der Waals surface area contributed by atoms with Crippen molar-refractivity contribution >= 4 is 15.8 Å². The molecule has 1 saturated heterocycles. The smallest absolute Gasteiger partial charge is 0.215 e. The molecule has 0 saturated carbocycles. The molecule has 1 aromatic heterocycles. The van der Waals surface area contributed by atoms with Gasteiger partial charge < -0.3 is 10.4 Å². The van der Waals surface area contributed by atoms with Crippen LogP contribution in [-0.4, -0.2) is 53.2 Å². The van der Waals surface area contributed by atoms with Crippen molar-refractivity contribution in [2.75, 3.05) is 30.7 Å². The van der Waals surface area contributed by atoms with Gasteiger partial charge in [0.15, 0.2) is 5.82 Å². The average Bonchev–Trinajstić information content (AvgIpc) is 3.10. The summed E-state index contributed by atoms with van der Waals surface area (Å²) in [6.07, 6.45) is 1.86. The molecule has 2 N–H and O–H groups in total. The fraction of sp³-hybridized carbons (Fsp3) is 0.412. The number of rotatable bonds is 6. The van der Waals surface area contributed by atoms with Crippen molar-refractivity contribution in [3.05, 3.63) is 36.0 Å². The monoisotopic (exact) mass is 362 g/mol. The zero-order valence-corrected chi connectivity index (χ0v) is 15.0. The van der Waals surface area contributed by atoms with Crippen LogP contribution in [0, 0.1) is 6.92 Å². The molecule has 3 rings (SSSR count). The van der Waals surface area contributed by atoms with Gasteiger partial charge in [-0.1, -0.05) is 12.1 Å². The van der Waals surface area contributed by atoms with Gasteiger partial charge in [0.25, 0.3) is 0 Å². The lowest BCUT2D eigenvalue weighted by Gasteiger charge is -2.16. The quantitative estimate of drug-likeness (QED) is 0.816. The Morgan fingerprint density at radius 2 is 1.92 bits per heavy atom. The summed E-state index contributed by atoms with van der Waals surface area (Å²) in [4.78, 5) is 8.74. The number of benzene rings is 1. The van der Waals surface area contributed by atoms with Crippen LogP contribution in [0.1, 0.15) is 18.5 Å². The number of anilines is 1. The normalized spacial score (nSPS) is 15.4. The number of aromatic hydroxyl groups is 1. The molecule has 1 aliphatic heterocycles. The summed E-state index contributed by atoms with van der Waals surface area (Å²) >= 11 is 0. The van der Waals surface area contributed by atoms with Crippen molar-refractivity contribution in [2.45, 2.75) is 19.8 Å². The number of phenols is 1. The molecule has 7 nitrogen and oxygen atoms in total. The molecular weight excluding hydrogens is 340 g/mol. The largest absolute Gasteiger partial charge is 0.507 e. The maximum absolute atomic E-state index is 12.2. The highest BCUT2D eigenvalue weighted by molar-refractivity contribution is 7.89. The Morgan fingerprint density at radius 3 is 2.64 bits per heavy atom. The van der Waals surface area contributed by atoms with Crippen molar-refractivity contribution < 1.29 is 13.5 Å². The third kappa shape index (κ3) is 4.26. The summed E-state index contributed by atoms with van der Waals surface area (Å²) in [6.45, 7) is 3.34. The topological polar surface area (TPSA) is 95.4 Å². The second-order valence-corrected chi connectivity index (χ2v) is 8.17. The third-order valence-electron chi connectivity index (χ3n) is 4.12. The predicted molar refractivity (Wildman–Crippen MR) is 97.0 cm³/mol. The number of aromatic nitrogens is 2. The van der Waals surface area contributed by atoms with Gasteiger partial charge in [0, 0.05) is 31.4 Å². The fourth-order valence-electron chi connectivity index (χ4n) is 2.85. The van der Waals surface area contributed by atoms with Gasteiger partial charge in [-0.15, -0.1) is 0 Å². The van der Waals surface area contributed by atoms with Crippen LogP contribution < -0.4 is 5.32 Å². The van der Waals surface area contributed by atoms with E-state index in [0.29, 0.717) is 30.3 Å². The van der Waals surface area contributed by atoms with Crippen molar-refractivity contribution in [2.24, 2.45) is 0 Å². The van der Waals surface area contributed by atoms with Gasteiger partial charge in [0.1, 0.15) is 11.6 Å². The van der Waals surface area contributed by atoms with E-state index in [1.807, 2.05) is 6.92 Å². The van der Waals surface area contributed by atoms with Crippen LogP contribution in [0.25, 0.3) is 11.4 Å². The Hall–Kier alpha value is -2.19. The standard InChI is InChI=1S/C17H22N4O3S/c1-13-12-16(18-8-11-25(23,24)21-9-4-5-10-21)20-17(19-13)14-6-2-3-7-15(14)22/h2-3,6-7,12,22H,4-5,8-11H2,1H3,(H,18,19,20). The van der Waals surface area contributed by atoms with E-state index in [-0.39, 0.29) is 18.0 Å². The number of hydrogen-bond acceptors (Lipinski definition) is 6. The highest BCUT2D eigenvalue weighted by Gasteiger charge is 2.24. The summed E-state index contributed by atoms with van der Waals surface area (Å²) in [5.74, 6) is 1.09. The highest BCUT2D eigenvalue weighted by Crippen LogP contribution is 2.26. The molecule has 0 amide bonds. The highest BCUT2D eigenvalue weighted by atomic mass is 32.2. The summed E-state index contributed by atoms with van der Waals surface area (Å²) in [5, 5.41) is 13.0. The second-order valence-electron chi connectivity index (χ2n) is 6.08. The first kappa shape index (κ1) is 17.6. The zero-order chi connectivity index (χ0) is 17.9. The summed E-state index contributed by atoms with van der Waals surface area (Å²) in [6, 6.07) is 8.61. The lowest BCUT2D eigenvalue weighted by Crippen LogP contribution is -2.32. The molecule has 0 bridgehead atoms. The minimum Gasteiger partial charge on any atom is -0.507 e. The third-order valence-corrected chi connectivity index (χ3v) is 6.00. The molecule has 0 aliphatic carbocycles. The first-order valence-corrected chi connectivity index (χ1v) is 9.92. The molecule has 1 aliphatic rings. The van der Waals surface area contributed by atoms with E-state index in [9.17, 15) is 13.5 Å². The first-order chi connectivity index (χ1) is 12.0. The summed E-state index contributed by atoms with van der Waals surface area (Å²) in [7, 11) is -3.22. The average molecular weight is 362 g/mol. The van der Waals surface area contributed by atoms with E-state index in [0.717, 1.165) is 18.5 Å². The minimum absolute atomic E-state index is 0.0297. The first-order valence-electron chi connectivity index (χ1n) is 8.31. The van der Waals surface area contributed by atoms with Gasteiger partial charge >= 0.3 is 0 Å². The Morgan fingerprint density at radius 1 is 1.20 bits per heavy atom. The lowest BCUT2D eigenvalue weighted by molar-refractivity contribution is 0.476. The van der Waals surface area contributed by atoms with Crippen LogP contribution in [0.15, 0.2) is 30.3 Å². The SMILES string of the molecule is Cc1cc(NCCS(=O)(=O)N2CCCC2)nc(-c2ccccc2O)n1. The Kier molecular flexibility index (Phi) is 5.19. The molecule has 1 fully saturated rings. The zero-order valence-electron chi connectivity index (χ0n) is 14.1. The predicted octanol–water partition coefficient (Wildman–Crippen LogP) is 2.00. The molecule has 0 spiro atoms. The van der Waals surface area contributed by atoms with E-state index in [2.05, 4.69) is 15.3 Å². The van der Waals surface area contributed by atoms with Gasteiger partial charge in [-0.2, -0.15) is 0 Å². The number of sulfonamides is 1. The molecule has 2 aromatic rings. The van der Waals surface area contributed by atoms with Crippen molar-refractivity contribution in [1.82, 2.24) is 14.3 Å². The molecule has 0 unspecified atom stereocenters. The molecule has 8 heteroatoms. The van der Waals surface area contributed by atoms with Gasteiger partial charge in [-0.25, -0.2) is 22.7 Å². The van der Waals surface area contributed by atoms with Gasteiger partial charge in [-0.05, 0) is 31.9 Å². The van der Waals surface area contributed by atoms with E-state index in [4.69, 9.17) is 0 Å². The van der Waals surface area contributed by atoms with E-state index < -0.39 is 10.0 Å². The Bertz CT molecular complexity index is 849. The number of hydrogen-bond donors (Lipinski definition) is 2. The molecule has 25 heavy (non-hydrogen) atoms. The van der Waals surface area contributed by atoms with Crippen LogP contribution >= 0.6 is 0 Å². The number of aryl methyl sites for hydroxylation is 1. The molecule has 0 atom stereocenters. The lowest BCUT2D eigenvalue weighted by atomic mass is 10.2. The number of nitrogens with one attached hydrogen (secondary N) is 1. The van der Waals surface area contributed by atoms with E-state index in [1.165, 1.54) is 0 Å². The molecule has 134 valence electrons. The molecule has 1 aromatic carbocycles.